The molecule has 1 aliphatic carbocycles. The molecule has 3 aromatic rings. The van der Waals surface area contributed by atoms with E-state index in [-0.39, 0.29) is 23.4 Å². The highest BCUT2D eigenvalue weighted by molar-refractivity contribution is 5.95. The summed E-state index contributed by atoms with van der Waals surface area (Å²) < 4.78 is 2.10. The number of aromatic nitrogens is 2. The fourth-order valence-corrected chi connectivity index (χ4v) is 4.97. The molecule has 0 bridgehead atoms. The molecule has 0 spiro atoms. The Labute approximate surface area is 200 Å². The normalized spacial score (nSPS) is 14.8. The van der Waals surface area contributed by atoms with Crippen LogP contribution >= 0.6 is 0 Å². The van der Waals surface area contributed by atoms with E-state index in [1.165, 1.54) is 17.7 Å². The lowest BCUT2D eigenvalue weighted by Gasteiger charge is -2.26. The fraction of sp³-hybridized carbons (Fsp3) is 0.393. The third kappa shape index (κ3) is 5.45. The summed E-state index contributed by atoms with van der Waals surface area (Å²) in [5.41, 5.74) is 3.37. The molecule has 2 aromatic heterocycles. The second kappa shape index (κ2) is 10.8. The zero-order valence-corrected chi connectivity index (χ0v) is 20.0. The number of nitrogens with zero attached hydrogens (tertiary/aromatic N) is 3. The second-order valence-corrected chi connectivity index (χ2v) is 9.39. The molecule has 4 rings (SSSR count). The van der Waals surface area contributed by atoms with Crippen LogP contribution in [0.1, 0.15) is 64.7 Å². The van der Waals surface area contributed by atoms with Crippen molar-refractivity contribution in [1.29, 1.82) is 0 Å². The number of amides is 1. The van der Waals surface area contributed by atoms with Gasteiger partial charge in [0.05, 0.1) is 12.6 Å². The van der Waals surface area contributed by atoms with E-state index in [0.29, 0.717) is 18.9 Å². The molecular weight excluding hydrogens is 426 g/mol. The molecule has 0 aliphatic heterocycles. The molecule has 1 aliphatic rings. The van der Waals surface area contributed by atoms with E-state index in [1.54, 1.807) is 19.3 Å². The maximum absolute atomic E-state index is 13.6. The first-order valence-electron chi connectivity index (χ1n) is 12.0. The van der Waals surface area contributed by atoms with Crippen molar-refractivity contribution in [2.24, 2.45) is 5.92 Å². The van der Waals surface area contributed by atoms with Crippen molar-refractivity contribution in [2.45, 2.75) is 51.7 Å². The van der Waals surface area contributed by atoms with Gasteiger partial charge in [-0.25, -0.2) is 0 Å². The Bertz CT molecular complexity index is 1170. The lowest BCUT2D eigenvalue weighted by molar-refractivity contribution is 0.0677. The van der Waals surface area contributed by atoms with E-state index in [1.807, 2.05) is 55.6 Å². The van der Waals surface area contributed by atoms with Gasteiger partial charge in [-0.3, -0.25) is 14.6 Å². The van der Waals surface area contributed by atoms with Gasteiger partial charge in [0.2, 0.25) is 0 Å². The molecule has 0 saturated heterocycles. The number of aliphatic hydroxyl groups is 1. The van der Waals surface area contributed by atoms with E-state index in [0.717, 1.165) is 35.4 Å². The Kier molecular flexibility index (Phi) is 7.58. The highest BCUT2D eigenvalue weighted by atomic mass is 16.3. The number of hydrogen-bond donors (Lipinski definition) is 1. The van der Waals surface area contributed by atoms with Gasteiger partial charge in [0.15, 0.2) is 5.43 Å². The number of rotatable bonds is 8. The summed E-state index contributed by atoms with van der Waals surface area (Å²) in [5, 5.41) is 10.7. The van der Waals surface area contributed by atoms with Crippen LogP contribution < -0.4 is 5.43 Å². The lowest BCUT2D eigenvalue weighted by atomic mass is 9.96. The first kappa shape index (κ1) is 23.9. The van der Waals surface area contributed by atoms with Gasteiger partial charge in [-0.05, 0) is 36.5 Å². The Hall–Kier alpha value is -3.25. The van der Waals surface area contributed by atoms with Crippen LogP contribution in [0.25, 0.3) is 0 Å². The average Bonchev–Trinajstić information content (AvgIpc) is 3.35. The Morgan fingerprint density at radius 2 is 1.91 bits per heavy atom. The molecule has 1 N–H and O–H groups in total. The maximum atomic E-state index is 13.6. The zero-order chi connectivity index (χ0) is 24.1. The molecule has 6 nitrogen and oxygen atoms in total. The van der Waals surface area contributed by atoms with E-state index < -0.39 is 6.10 Å². The molecular formula is C28H33N3O3. The summed E-state index contributed by atoms with van der Waals surface area (Å²) in [4.78, 5) is 32.5. The van der Waals surface area contributed by atoms with E-state index >= 15 is 0 Å². The van der Waals surface area contributed by atoms with Gasteiger partial charge in [0.1, 0.15) is 5.56 Å². The minimum atomic E-state index is -0.823. The first-order valence-corrected chi connectivity index (χ1v) is 12.0. The number of aryl methyl sites for hydroxylation is 1. The third-order valence-electron chi connectivity index (χ3n) is 6.84. The number of carbonyl (C=O) groups is 1. The van der Waals surface area contributed by atoms with E-state index in [4.69, 9.17) is 0 Å². The van der Waals surface area contributed by atoms with Gasteiger partial charge < -0.3 is 14.6 Å². The van der Waals surface area contributed by atoms with Crippen LogP contribution in [0.5, 0.6) is 0 Å². The average molecular weight is 460 g/mol. The monoisotopic (exact) mass is 459 g/mol. The van der Waals surface area contributed by atoms with Crippen molar-refractivity contribution in [2.75, 3.05) is 13.6 Å². The Balaban J connectivity index is 1.70. The standard InChI is InChI=1S/C28H33N3O3/c1-20-15-25(32)27(28(34)30(2)19-26(33)23-12-4-3-5-13-23)24(16-21-9-6-7-10-21)31(20)18-22-11-8-14-29-17-22/h3-5,8,11-15,17,21,26,33H,6-7,9-10,16,18-19H2,1-2H3. The van der Waals surface area contributed by atoms with Crippen LogP contribution in [0, 0.1) is 12.8 Å². The zero-order valence-electron chi connectivity index (χ0n) is 20.0. The predicted octanol–water partition coefficient (Wildman–Crippen LogP) is 4.14. The molecule has 1 atom stereocenters. The second-order valence-electron chi connectivity index (χ2n) is 9.39. The summed E-state index contributed by atoms with van der Waals surface area (Å²) in [7, 11) is 1.65. The van der Waals surface area contributed by atoms with E-state index in [2.05, 4.69) is 9.55 Å². The van der Waals surface area contributed by atoms with Gasteiger partial charge in [-0.15, -0.1) is 0 Å². The van der Waals surface area contributed by atoms with Crippen molar-refractivity contribution in [3.8, 4) is 0 Å². The predicted molar refractivity (Wildman–Crippen MR) is 133 cm³/mol. The quantitative estimate of drug-likeness (QED) is 0.549. The van der Waals surface area contributed by atoms with Crippen molar-refractivity contribution in [3.63, 3.8) is 0 Å². The molecule has 1 unspecified atom stereocenters. The minimum absolute atomic E-state index is 0.113. The largest absolute Gasteiger partial charge is 0.387 e. The summed E-state index contributed by atoms with van der Waals surface area (Å²) in [6.07, 6.45) is 8.05. The minimum Gasteiger partial charge on any atom is -0.387 e. The topological polar surface area (TPSA) is 75.4 Å². The first-order chi connectivity index (χ1) is 16.4. The molecule has 1 aromatic carbocycles. The number of pyridine rings is 2. The molecule has 178 valence electrons. The molecule has 0 radical (unpaired) electrons. The van der Waals surface area contributed by atoms with Gasteiger partial charge in [-0.1, -0.05) is 62.1 Å². The van der Waals surface area contributed by atoms with Crippen LogP contribution in [-0.4, -0.2) is 39.1 Å². The summed E-state index contributed by atoms with van der Waals surface area (Å²) >= 11 is 0. The molecule has 34 heavy (non-hydrogen) atoms. The van der Waals surface area contributed by atoms with Crippen LogP contribution in [0.2, 0.25) is 0 Å². The van der Waals surface area contributed by atoms with Crippen LogP contribution in [-0.2, 0) is 13.0 Å². The number of aliphatic hydroxyl groups excluding tert-OH is 1. The summed E-state index contributed by atoms with van der Waals surface area (Å²) in [5.74, 6) is 0.126. The van der Waals surface area contributed by atoms with Gasteiger partial charge in [-0.2, -0.15) is 0 Å². The number of likely N-dealkylation sites (N-methyl/N-ethyl adjacent to an activating group) is 1. The smallest absolute Gasteiger partial charge is 0.259 e. The van der Waals surface area contributed by atoms with Crippen molar-refractivity contribution < 1.29 is 9.90 Å². The Morgan fingerprint density at radius 3 is 2.59 bits per heavy atom. The van der Waals surface area contributed by atoms with Crippen LogP contribution in [0.4, 0.5) is 0 Å². The molecule has 6 heteroatoms. The van der Waals surface area contributed by atoms with Gasteiger partial charge in [0, 0.05) is 43.4 Å². The number of carbonyl (C=O) groups excluding carboxylic acids is 1. The highest BCUT2D eigenvalue weighted by Gasteiger charge is 2.27. The lowest BCUT2D eigenvalue weighted by Crippen LogP contribution is -2.37. The van der Waals surface area contributed by atoms with Crippen molar-refractivity contribution >= 4 is 5.91 Å². The summed E-state index contributed by atoms with van der Waals surface area (Å²) in [6, 6.07) is 14.7. The molecule has 1 saturated carbocycles. The highest BCUT2D eigenvalue weighted by Crippen LogP contribution is 2.29. The molecule has 1 fully saturated rings. The molecule has 1 amide bonds. The van der Waals surface area contributed by atoms with Crippen LogP contribution in [0.15, 0.2) is 65.7 Å². The SMILES string of the molecule is Cc1cc(=O)c(C(=O)N(C)CC(O)c2ccccc2)c(CC2CCCC2)n1Cc1cccnc1. The van der Waals surface area contributed by atoms with Crippen molar-refractivity contribution in [1.82, 2.24) is 14.5 Å². The number of benzene rings is 1. The van der Waals surface area contributed by atoms with Crippen molar-refractivity contribution in [3.05, 3.63) is 99.2 Å². The fourth-order valence-electron chi connectivity index (χ4n) is 4.97. The van der Waals surface area contributed by atoms with E-state index in [9.17, 15) is 14.7 Å². The summed E-state index contributed by atoms with van der Waals surface area (Å²) in [6.45, 7) is 2.59. The maximum Gasteiger partial charge on any atom is 0.259 e. The van der Waals surface area contributed by atoms with Gasteiger partial charge in [0.25, 0.3) is 5.91 Å². The van der Waals surface area contributed by atoms with Gasteiger partial charge >= 0.3 is 0 Å². The Morgan fingerprint density at radius 1 is 1.18 bits per heavy atom. The molecule has 2 heterocycles. The van der Waals surface area contributed by atoms with Crippen LogP contribution in [0.3, 0.4) is 0 Å². The number of hydrogen-bond acceptors (Lipinski definition) is 4. The third-order valence-corrected chi connectivity index (χ3v) is 6.84.